The number of carbonyl (C=O) groups is 1. The molecule has 0 spiro atoms. The van der Waals surface area contributed by atoms with Crippen molar-refractivity contribution in [3.63, 3.8) is 0 Å². The molecule has 0 saturated heterocycles. The Morgan fingerprint density at radius 1 is 1.41 bits per heavy atom. The Labute approximate surface area is 130 Å². The lowest BCUT2D eigenvalue weighted by Gasteiger charge is -2.10. The maximum atomic E-state index is 11.4. The van der Waals surface area contributed by atoms with Crippen LogP contribution in [-0.2, 0) is 0 Å². The van der Waals surface area contributed by atoms with Crippen LogP contribution in [-0.4, -0.2) is 37.2 Å². The zero-order valence-electron chi connectivity index (χ0n) is 12.0. The van der Waals surface area contributed by atoms with Crippen LogP contribution in [0.5, 0.6) is 0 Å². The van der Waals surface area contributed by atoms with E-state index in [1.165, 1.54) is 11.3 Å². The maximum absolute atomic E-state index is 11.4. The zero-order valence-corrected chi connectivity index (χ0v) is 12.8. The number of imidazole rings is 1. The summed E-state index contributed by atoms with van der Waals surface area (Å²) in [5, 5.41) is 11.1. The molecule has 3 aromatic heterocycles. The minimum absolute atomic E-state index is 0.258. The van der Waals surface area contributed by atoms with Gasteiger partial charge in [0.2, 0.25) is 0 Å². The second kappa shape index (κ2) is 6.10. The summed E-state index contributed by atoms with van der Waals surface area (Å²) in [5.41, 5.74) is 4.91. The number of hydrogen-bond acceptors (Lipinski definition) is 6. The monoisotopic (exact) mass is 317 g/mol. The Kier molecular flexibility index (Phi) is 4.01. The van der Waals surface area contributed by atoms with E-state index >= 15 is 0 Å². The molecule has 0 aromatic carbocycles. The fourth-order valence-corrected chi connectivity index (χ4v) is 2.89. The van der Waals surface area contributed by atoms with Crippen LogP contribution in [0.2, 0.25) is 0 Å². The highest BCUT2D eigenvalue weighted by atomic mass is 32.1. The molecule has 0 aliphatic rings. The standard InChI is InChI=1S/C14H15N5O2S/c1-2-3-5-17-19-12(9-4-8-22-10(9)14(20)21)18-11-13(19)16-7-6-15-11/h4,6-8,17H,2-3,5H2,1H3,(H,20,21). The first-order chi connectivity index (χ1) is 10.7. The number of aromatic carboxylic acids is 1. The van der Waals surface area contributed by atoms with Crippen molar-refractivity contribution in [2.45, 2.75) is 19.8 Å². The molecule has 22 heavy (non-hydrogen) atoms. The number of hydrogen-bond donors (Lipinski definition) is 2. The van der Waals surface area contributed by atoms with E-state index in [0.717, 1.165) is 19.4 Å². The van der Waals surface area contributed by atoms with E-state index in [-0.39, 0.29) is 4.88 Å². The molecular weight excluding hydrogens is 302 g/mol. The summed E-state index contributed by atoms with van der Waals surface area (Å²) in [4.78, 5) is 24.6. The largest absolute Gasteiger partial charge is 0.477 e. The summed E-state index contributed by atoms with van der Waals surface area (Å²) < 4.78 is 1.73. The van der Waals surface area contributed by atoms with Gasteiger partial charge in [-0.3, -0.25) is 0 Å². The summed E-state index contributed by atoms with van der Waals surface area (Å²) in [6.45, 7) is 2.86. The van der Waals surface area contributed by atoms with Crippen molar-refractivity contribution in [2.24, 2.45) is 0 Å². The summed E-state index contributed by atoms with van der Waals surface area (Å²) in [6.07, 6.45) is 5.22. The number of thiophene rings is 1. The average molecular weight is 317 g/mol. The molecule has 0 unspecified atom stereocenters. The van der Waals surface area contributed by atoms with Crippen LogP contribution in [0.1, 0.15) is 29.4 Å². The molecule has 114 valence electrons. The molecule has 3 aromatic rings. The van der Waals surface area contributed by atoms with E-state index in [1.807, 2.05) is 0 Å². The lowest BCUT2D eigenvalue weighted by Crippen LogP contribution is -2.18. The van der Waals surface area contributed by atoms with Crippen LogP contribution < -0.4 is 5.43 Å². The molecule has 0 atom stereocenters. The minimum atomic E-state index is -0.960. The lowest BCUT2D eigenvalue weighted by atomic mass is 10.2. The van der Waals surface area contributed by atoms with E-state index in [4.69, 9.17) is 0 Å². The first-order valence-corrected chi connectivity index (χ1v) is 7.84. The predicted molar refractivity (Wildman–Crippen MR) is 84.7 cm³/mol. The molecule has 3 rings (SSSR count). The first-order valence-electron chi connectivity index (χ1n) is 6.97. The second-order valence-electron chi connectivity index (χ2n) is 4.70. The molecule has 0 fully saturated rings. The van der Waals surface area contributed by atoms with Crippen molar-refractivity contribution < 1.29 is 9.90 Å². The molecule has 0 amide bonds. The van der Waals surface area contributed by atoms with Gasteiger partial charge in [-0.15, -0.1) is 11.3 Å². The molecule has 0 aliphatic carbocycles. The Morgan fingerprint density at radius 2 is 2.23 bits per heavy atom. The zero-order chi connectivity index (χ0) is 15.5. The number of carboxylic acid groups (broad SMARTS) is 1. The number of fused-ring (bicyclic) bond motifs is 1. The molecule has 0 aliphatic heterocycles. The lowest BCUT2D eigenvalue weighted by molar-refractivity contribution is 0.0703. The number of rotatable bonds is 6. The van der Waals surface area contributed by atoms with Crippen molar-refractivity contribution in [3.05, 3.63) is 28.7 Å². The van der Waals surface area contributed by atoms with Gasteiger partial charge in [0.05, 0.1) is 0 Å². The summed E-state index contributed by atoms with van der Waals surface area (Å²) >= 11 is 1.18. The van der Waals surface area contributed by atoms with Gasteiger partial charge in [0, 0.05) is 24.5 Å². The van der Waals surface area contributed by atoms with Crippen LogP contribution >= 0.6 is 11.3 Å². The van der Waals surface area contributed by atoms with E-state index in [1.54, 1.807) is 28.5 Å². The van der Waals surface area contributed by atoms with Crippen LogP contribution in [0, 0.1) is 0 Å². The SMILES string of the molecule is CCCCNn1c(-c2ccsc2C(=O)O)nc2nccnc21. The number of carboxylic acids is 1. The third-order valence-corrected chi connectivity index (χ3v) is 4.10. The summed E-state index contributed by atoms with van der Waals surface area (Å²) in [5.74, 6) is -0.436. The Balaban J connectivity index is 2.13. The Bertz CT molecular complexity index is 811. The molecule has 0 bridgehead atoms. The highest BCUT2D eigenvalue weighted by Gasteiger charge is 2.21. The molecule has 2 N–H and O–H groups in total. The highest BCUT2D eigenvalue weighted by molar-refractivity contribution is 7.12. The van der Waals surface area contributed by atoms with E-state index in [9.17, 15) is 9.90 Å². The predicted octanol–water partition coefficient (Wildman–Crippen LogP) is 2.60. The van der Waals surface area contributed by atoms with Crippen LogP contribution in [0.15, 0.2) is 23.8 Å². The topological polar surface area (TPSA) is 92.9 Å². The third kappa shape index (κ3) is 2.52. The van der Waals surface area contributed by atoms with E-state index in [2.05, 4.69) is 27.3 Å². The molecule has 7 nitrogen and oxygen atoms in total. The van der Waals surface area contributed by atoms with Crippen LogP contribution in [0.4, 0.5) is 0 Å². The maximum Gasteiger partial charge on any atom is 0.346 e. The average Bonchev–Trinajstić information content (AvgIpc) is 3.12. The Morgan fingerprint density at radius 3 is 3.00 bits per heavy atom. The highest BCUT2D eigenvalue weighted by Crippen LogP contribution is 2.29. The number of nitrogens with one attached hydrogen (secondary N) is 1. The first kappa shape index (κ1) is 14.5. The Hall–Kier alpha value is -2.48. The quantitative estimate of drug-likeness (QED) is 0.679. The van der Waals surface area contributed by atoms with Gasteiger partial charge in [0.1, 0.15) is 4.88 Å². The van der Waals surface area contributed by atoms with Gasteiger partial charge in [-0.25, -0.2) is 24.4 Å². The number of aromatic nitrogens is 4. The third-order valence-electron chi connectivity index (χ3n) is 3.20. The smallest absolute Gasteiger partial charge is 0.346 e. The van der Waals surface area contributed by atoms with E-state index < -0.39 is 5.97 Å². The normalized spacial score (nSPS) is 11.0. The van der Waals surface area contributed by atoms with Gasteiger partial charge in [-0.05, 0) is 17.9 Å². The van der Waals surface area contributed by atoms with Crippen molar-refractivity contribution in [1.29, 1.82) is 0 Å². The molecule has 3 heterocycles. The molecule has 8 heteroatoms. The number of nitrogens with zero attached hydrogens (tertiary/aromatic N) is 4. The fourth-order valence-electron chi connectivity index (χ4n) is 2.16. The van der Waals surface area contributed by atoms with E-state index in [0.29, 0.717) is 22.7 Å². The van der Waals surface area contributed by atoms with Crippen molar-refractivity contribution >= 4 is 28.6 Å². The van der Waals surface area contributed by atoms with Gasteiger partial charge >= 0.3 is 5.97 Å². The molecular formula is C14H15N5O2S. The van der Waals surface area contributed by atoms with Gasteiger partial charge in [0.15, 0.2) is 17.1 Å². The van der Waals surface area contributed by atoms with Crippen molar-refractivity contribution in [1.82, 2.24) is 19.6 Å². The molecule has 0 radical (unpaired) electrons. The fraction of sp³-hybridized carbons (Fsp3) is 0.286. The summed E-state index contributed by atoms with van der Waals surface area (Å²) in [6, 6.07) is 1.76. The molecule has 0 saturated carbocycles. The van der Waals surface area contributed by atoms with Crippen molar-refractivity contribution in [3.8, 4) is 11.4 Å². The summed E-state index contributed by atoms with van der Waals surface area (Å²) in [7, 11) is 0. The van der Waals surface area contributed by atoms with Crippen LogP contribution in [0.25, 0.3) is 22.7 Å². The number of unbranched alkanes of at least 4 members (excludes halogenated alkanes) is 1. The van der Waals surface area contributed by atoms with Gasteiger partial charge < -0.3 is 10.5 Å². The minimum Gasteiger partial charge on any atom is -0.477 e. The van der Waals surface area contributed by atoms with Crippen LogP contribution in [0.3, 0.4) is 0 Å². The van der Waals surface area contributed by atoms with Gasteiger partial charge in [-0.1, -0.05) is 13.3 Å². The van der Waals surface area contributed by atoms with Gasteiger partial charge in [-0.2, -0.15) is 0 Å². The second-order valence-corrected chi connectivity index (χ2v) is 5.62. The van der Waals surface area contributed by atoms with Gasteiger partial charge in [0.25, 0.3) is 0 Å². The van der Waals surface area contributed by atoms with Crippen molar-refractivity contribution in [2.75, 3.05) is 12.0 Å².